The Bertz CT molecular complexity index is 1120. The van der Waals surface area contributed by atoms with Crippen LogP contribution in [0.2, 0.25) is 5.02 Å². The third-order valence-corrected chi connectivity index (χ3v) is 6.37. The molecular formula is C25H24ClNO4. The Morgan fingerprint density at radius 1 is 1.03 bits per heavy atom. The molecule has 0 radical (unpaired) electrons. The molecule has 1 aliphatic carbocycles. The Kier molecular flexibility index (Phi) is 5.88. The molecule has 2 atom stereocenters. The Balaban J connectivity index is 1.86. The van der Waals surface area contributed by atoms with E-state index >= 15 is 0 Å². The Morgan fingerprint density at radius 3 is 2.39 bits per heavy atom. The van der Waals surface area contributed by atoms with Gasteiger partial charge in [-0.1, -0.05) is 48.0 Å². The van der Waals surface area contributed by atoms with E-state index in [1.165, 1.54) is 7.11 Å². The van der Waals surface area contributed by atoms with Crippen LogP contribution in [0.15, 0.2) is 71.1 Å². The quantitative estimate of drug-likeness (QED) is 0.690. The lowest BCUT2D eigenvalue weighted by atomic mass is 9.71. The summed E-state index contributed by atoms with van der Waals surface area (Å²) in [6.45, 7) is 1.84. The first-order valence-electron chi connectivity index (χ1n) is 10.2. The molecule has 160 valence electrons. The van der Waals surface area contributed by atoms with Crippen molar-refractivity contribution < 1.29 is 19.1 Å². The van der Waals surface area contributed by atoms with Gasteiger partial charge in [-0.05, 0) is 37.0 Å². The molecule has 4 rings (SSSR count). The van der Waals surface area contributed by atoms with E-state index in [-0.39, 0.29) is 11.7 Å². The monoisotopic (exact) mass is 437 g/mol. The largest absolute Gasteiger partial charge is 0.496 e. The summed E-state index contributed by atoms with van der Waals surface area (Å²) in [7, 11) is 2.93. The van der Waals surface area contributed by atoms with Gasteiger partial charge in [-0.2, -0.15) is 0 Å². The van der Waals surface area contributed by atoms with Crippen molar-refractivity contribution in [3.8, 4) is 5.75 Å². The molecule has 0 saturated heterocycles. The summed E-state index contributed by atoms with van der Waals surface area (Å²) in [5.74, 6) is -0.439. The minimum absolute atomic E-state index is 0.0107. The zero-order chi connectivity index (χ0) is 22.1. The number of allylic oxidation sites excluding steroid dienone is 3. The second kappa shape index (κ2) is 8.60. The first-order valence-corrected chi connectivity index (χ1v) is 10.5. The van der Waals surface area contributed by atoms with Crippen LogP contribution < -0.4 is 10.1 Å². The van der Waals surface area contributed by atoms with Crippen LogP contribution in [0.5, 0.6) is 5.75 Å². The van der Waals surface area contributed by atoms with Crippen molar-refractivity contribution in [1.29, 1.82) is 0 Å². The van der Waals surface area contributed by atoms with Gasteiger partial charge in [0.2, 0.25) is 0 Å². The predicted molar refractivity (Wildman–Crippen MR) is 119 cm³/mol. The smallest absolute Gasteiger partial charge is 0.336 e. The number of nitrogens with one attached hydrogen (secondary N) is 1. The van der Waals surface area contributed by atoms with Gasteiger partial charge in [0.05, 0.1) is 25.7 Å². The SMILES string of the molecule is COC(=O)C1=C(C)NC2=C(C(=O)C[C@H](c3ccccc3Cl)C2)[C@H]1c1ccccc1OC. The lowest BCUT2D eigenvalue weighted by Crippen LogP contribution is -2.36. The maximum absolute atomic E-state index is 13.5. The number of carbonyl (C=O) groups is 2. The van der Waals surface area contributed by atoms with Crippen LogP contribution in [0.25, 0.3) is 0 Å². The molecule has 6 heteroatoms. The number of carbonyl (C=O) groups excluding carboxylic acids is 2. The number of Topliss-reactive ketones (excluding diaryl/α,β-unsaturated/α-hetero) is 1. The zero-order valence-corrected chi connectivity index (χ0v) is 18.5. The first-order chi connectivity index (χ1) is 15.0. The van der Waals surface area contributed by atoms with E-state index in [0.29, 0.717) is 40.5 Å². The van der Waals surface area contributed by atoms with Gasteiger partial charge in [0, 0.05) is 34.0 Å². The van der Waals surface area contributed by atoms with Crippen LogP contribution >= 0.6 is 11.6 Å². The van der Waals surface area contributed by atoms with E-state index in [1.807, 2.05) is 55.5 Å². The third kappa shape index (κ3) is 3.74. The molecule has 1 N–H and O–H groups in total. The van der Waals surface area contributed by atoms with Crippen LogP contribution in [0, 0.1) is 0 Å². The molecule has 2 aliphatic rings. The summed E-state index contributed by atoms with van der Waals surface area (Å²) in [5.41, 5.74) is 4.24. The highest BCUT2D eigenvalue weighted by Crippen LogP contribution is 2.48. The number of rotatable bonds is 4. The summed E-state index contributed by atoms with van der Waals surface area (Å²) in [4.78, 5) is 26.3. The highest BCUT2D eigenvalue weighted by molar-refractivity contribution is 6.31. The van der Waals surface area contributed by atoms with Gasteiger partial charge in [0.1, 0.15) is 5.75 Å². The maximum Gasteiger partial charge on any atom is 0.336 e. The first kappa shape index (κ1) is 21.2. The summed E-state index contributed by atoms with van der Waals surface area (Å²) in [6, 6.07) is 15.1. The number of esters is 1. The minimum Gasteiger partial charge on any atom is -0.496 e. The third-order valence-electron chi connectivity index (χ3n) is 6.03. The van der Waals surface area contributed by atoms with Gasteiger partial charge in [-0.15, -0.1) is 0 Å². The fourth-order valence-electron chi connectivity index (χ4n) is 4.66. The molecule has 0 fully saturated rings. The lowest BCUT2D eigenvalue weighted by molar-refractivity contribution is -0.136. The van der Waals surface area contributed by atoms with E-state index < -0.39 is 11.9 Å². The summed E-state index contributed by atoms with van der Waals surface area (Å²) >= 11 is 6.42. The number of dihydropyridines is 1. The van der Waals surface area contributed by atoms with Crippen LogP contribution in [0.4, 0.5) is 0 Å². The van der Waals surface area contributed by atoms with Crippen molar-refractivity contribution in [3.05, 3.63) is 87.2 Å². The fraction of sp³-hybridized carbons (Fsp3) is 0.280. The molecule has 5 nitrogen and oxygen atoms in total. The second-order valence-corrected chi connectivity index (χ2v) is 8.18. The molecule has 0 bridgehead atoms. The van der Waals surface area contributed by atoms with E-state index in [1.54, 1.807) is 7.11 Å². The van der Waals surface area contributed by atoms with Gasteiger partial charge < -0.3 is 14.8 Å². The van der Waals surface area contributed by atoms with E-state index in [0.717, 1.165) is 16.8 Å². The maximum atomic E-state index is 13.5. The number of ether oxygens (including phenoxy) is 2. The average molecular weight is 438 g/mol. The summed E-state index contributed by atoms with van der Waals surface area (Å²) in [5, 5.41) is 3.98. The predicted octanol–water partition coefficient (Wildman–Crippen LogP) is 4.88. The molecule has 0 saturated carbocycles. The van der Waals surface area contributed by atoms with Crippen molar-refractivity contribution in [2.45, 2.75) is 31.6 Å². The van der Waals surface area contributed by atoms with Gasteiger partial charge >= 0.3 is 5.97 Å². The van der Waals surface area contributed by atoms with E-state index in [9.17, 15) is 9.59 Å². The minimum atomic E-state index is -0.556. The van der Waals surface area contributed by atoms with Crippen LogP contribution in [0.3, 0.4) is 0 Å². The second-order valence-electron chi connectivity index (χ2n) is 7.77. The Hall–Kier alpha value is -3.05. The van der Waals surface area contributed by atoms with Crippen molar-refractivity contribution in [2.75, 3.05) is 14.2 Å². The van der Waals surface area contributed by atoms with Crippen LogP contribution in [-0.4, -0.2) is 26.0 Å². The number of benzene rings is 2. The number of para-hydroxylation sites is 1. The number of hydrogen-bond donors (Lipinski definition) is 1. The average Bonchev–Trinajstić information content (AvgIpc) is 2.77. The topological polar surface area (TPSA) is 64.6 Å². The highest BCUT2D eigenvalue weighted by Gasteiger charge is 2.42. The molecular weight excluding hydrogens is 414 g/mol. The van der Waals surface area contributed by atoms with Crippen molar-refractivity contribution in [1.82, 2.24) is 5.32 Å². The van der Waals surface area contributed by atoms with Crippen molar-refractivity contribution in [2.24, 2.45) is 0 Å². The molecule has 1 aliphatic heterocycles. The van der Waals surface area contributed by atoms with E-state index in [2.05, 4.69) is 5.32 Å². The fourth-order valence-corrected chi connectivity index (χ4v) is 4.95. The molecule has 2 aromatic rings. The zero-order valence-electron chi connectivity index (χ0n) is 17.7. The number of methoxy groups -OCH3 is 2. The Labute approximate surface area is 186 Å². The van der Waals surface area contributed by atoms with Crippen molar-refractivity contribution in [3.63, 3.8) is 0 Å². The van der Waals surface area contributed by atoms with Gasteiger partial charge in [0.25, 0.3) is 0 Å². The molecule has 2 aromatic carbocycles. The summed E-state index contributed by atoms with van der Waals surface area (Å²) in [6.07, 6.45) is 0.950. The van der Waals surface area contributed by atoms with Crippen LogP contribution in [-0.2, 0) is 14.3 Å². The number of ketones is 1. The highest BCUT2D eigenvalue weighted by atomic mass is 35.5. The molecule has 0 unspecified atom stereocenters. The standard InChI is InChI=1S/C25H24ClNO4/c1-14-22(25(29)31-3)23(17-9-5-7-11-21(17)30-2)24-19(27-14)12-15(13-20(24)28)16-8-4-6-10-18(16)26/h4-11,15,23,27H,12-13H2,1-3H3/t15-,23+/m1/s1. The van der Waals surface area contributed by atoms with Gasteiger partial charge in [-0.3, -0.25) is 4.79 Å². The Morgan fingerprint density at radius 2 is 1.71 bits per heavy atom. The number of halogens is 1. The van der Waals surface area contributed by atoms with E-state index in [4.69, 9.17) is 21.1 Å². The van der Waals surface area contributed by atoms with Gasteiger partial charge in [-0.25, -0.2) is 4.79 Å². The van der Waals surface area contributed by atoms with Crippen LogP contribution in [0.1, 0.15) is 42.7 Å². The summed E-state index contributed by atoms with van der Waals surface area (Å²) < 4.78 is 10.6. The molecule has 1 heterocycles. The normalized spacial score (nSPS) is 20.8. The molecule has 0 amide bonds. The van der Waals surface area contributed by atoms with Crippen molar-refractivity contribution >= 4 is 23.4 Å². The molecule has 0 spiro atoms. The molecule has 0 aromatic heterocycles. The lowest BCUT2D eigenvalue weighted by Gasteiger charge is -2.37. The van der Waals surface area contributed by atoms with Gasteiger partial charge in [0.15, 0.2) is 5.78 Å². The number of hydrogen-bond acceptors (Lipinski definition) is 5. The molecule has 31 heavy (non-hydrogen) atoms.